The van der Waals surface area contributed by atoms with E-state index in [2.05, 4.69) is 20.4 Å². The van der Waals surface area contributed by atoms with Crippen molar-refractivity contribution in [2.24, 2.45) is 11.7 Å². The number of nitrogens with two attached hydrogens (primary N) is 1. The molecule has 128 valence electrons. The fourth-order valence-corrected chi connectivity index (χ4v) is 1.60. The molecule has 0 radical (unpaired) electrons. The van der Waals surface area contributed by atoms with E-state index in [1.807, 2.05) is 0 Å². The number of hydrogen-bond acceptors (Lipinski definition) is 4. The molecule has 1 unspecified atom stereocenters. The van der Waals surface area contributed by atoms with Crippen molar-refractivity contribution in [3.05, 3.63) is 18.3 Å². The van der Waals surface area contributed by atoms with Gasteiger partial charge in [-0.25, -0.2) is 9.78 Å². The highest BCUT2D eigenvalue weighted by atomic mass is 19.4. The third kappa shape index (κ3) is 6.85. The number of alkyl halides is 3. The van der Waals surface area contributed by atoms with Crippen LogP contribution in [0.2, 0.25) is 0 Å². The monoisotopic (exact) mass is 334 g/mol. The van der Waals surface area contributed by atoms with Crippen molar-refractivity contribution in [3.8, 4) is 5.88 Å². The van der Waals surface area contributed by atoms with Crippen LogP contribution in [0.25, 0.3) is 0 Å². The van der Waals surface area contributed by atoms with E-state index in [0.717, 1.165) is 6.20 Å². The zero-order valence-corrected chi connectivity index (χ0v) is 12.5. The molecule has 10 heteroatoms. The number of carbonyl (C=O) groups is 2. The van der Waals surface area contributed by atoms with Crippen LogP contribution in [0.15, 0.2) is 18.3 Å². The number of hydrogen-bond donors (Lipinski definition) is 3. The number of halogens is 3. The summed E-state index contributed by atoms with van der Waals surface area (Å²) < 4.78 is 40.5. The average molecular weight is 334 g/mol. The SMILES string of the molecule is CC(C)C(NC(N)=O)C(=O)Nc1ccc(OCC(F)(F)F)nc1. The van der Waals surface area contributed by atoms with Crippen LogP contribution in [0.4, 0.5) is 23.7 Å². The van der Waals surface area contributed by atoms with Crippen molar-refractivity contribution in [1.29, 1.82) is 0 Å². The molecule has 3 amide bonds. The average Bonchev–Trinajstić information content (AvgIpc) is 2.42. The van der Waals surface area contributed by atoms with Crippen molar-refractivity contribution in [1.82, 2.24) is 10.3 Å². The molecular weight excluding hydrogens is 317 g/mol. The Morgan fingerprint density at radius 2 is 2.00 bits per heavy atom. The second-order valence-electron chi connectivity index (χ2n) is 5.01. The van der Waals surface area contributed by atoms with Gasteiger partial charge in [0, 0.05) is 6.07 Å². The summed E-state index contributed by atoms with van der Waals surface area (Å²) in [4.78, 5) is 26.6. The number of carbonyl (C=O) groups excluding carboxylic acids is 2. The Morgan fingerprint density at radius 3 is 2.43 bits per heavy atom. The van der Waals surface area contributed by atoms with Gasteiger partial charge in [0.25, 0.3) is 0 Å². The first-order chi connectivity index (χ1) is 10.6. The van der Waals surface area contributed by atoms with Crippen molar-refractivity contribution in [3.63, 3.8) is 0 Å². The van der Waals surface area contributed by atoms with Crippen molar-refractivity contribution >= 4 is 17.6 Å². The highest BCUT2D eigenvalue weighted by Gasteiger charge is 2.28. The van der Waals surface area contributed by atoms with E-state index in [0.29, 0.717) is 0 Å². The summed E-state index contributed by atoms with van der Waals surface area (Å²) in [5.41, 5.74) is 5.24. The van der Waals surface area contributed by atoms with Crippen molar-refractivity contribution in [2.75, 3.05) is 11.9 Å². The van der Waals surface area contributed by atoms with Crippen LogP contribution in [0.5, 0.6) is 5.88 Å². The first kappa shape index (κ1) is 18.5. The van der Waals surface area contributed by atoms with Gasteiger partial charge < -0.3 is 21.1 Å². The molecule has 1 rings (SSSR count). The molecule has 0 saturated heterocycles. The molecule has 1 atom stereocenters. The molecule has 0 aliphatic heterocycles. The van der Waals surface area contributed by atoms with Gasteiger partial charge in [-0.15, -0.1) is 0 Å². The van der Waals surface area contributed by atoms with Gasteiger partial charge in [0.15, 0.2) is 6.61 Å². The predicted molar refractivity (Wildman–Crippen MR) is 75.8 cm³/mol. The molecule has 1 aromatic rings. The number of ether oxygens (including phenoxy) is 1. The number of nitrogens with one attached hydrogen (secondary N) is 2. The van der Waals surface area contributed by atoms with Crippen LogP contribution < -0.4 is 21.1 Å². The summed E-state index contributed by atoms with van der Waals surface area (Å²) in [5, 5.41) is 4.78. The zero-order valence-electron chi connectivity index (χ0n) is 12.5. The number of pyridine rings is 1. The fraction of sp³-hybridized carbons (Fsp3) is 0.462. The Labute approximate surface area is 130 Å². The number of rotatable bonds is 6. The molecule has 4 N–H and O–H groups in total. The highest BCUT2D eigenvalue weighted by Crippen LogP contribution is 2.18. The molecule has 23 heavy (non-hydrogen) atoms. The van der Waals surface area contributed by atoms with Crippen LogP contribution in [0.1, 0.15) is 13.8 Å². The maximum absolute atomic E-state index is 12.0. The van der Waals surface area contributed by atoms with E-state index in [-0.39, 0.29) is 17.5 Å². The van der Waals surface area contributed by atoms with E-state index in [9.17, 15) is 22.8 Å². The first-order valence-electron chi connectivity index (χ1n) is 6.61. The minimum Gasteiger partial charge on any atom is -0.468 e. The molecule has 0 aliphatic carbocycles. The van der Waals surface area contributed by atoms with E-state index in [4.69, 9.17) is 5.73 Å². The number of primary amides is 1. The third-order valence-corrected chi connectivity index (χ3v) is 2.63. The quantitative estimate of drug-likeness (QED) is 0.735. The van der Waals surface area contributed by atoms with E-state index in [1.165, 1.54) is 12.1 Å². The van der Waals surface area contributed by atoms with Crippen LogP contribution in [0, 0.1) is 5.92 Å². The lowest BCUT2D eigenvalue weighted by Gasteiger charge is -2.20. The fourth-order valence-electron chi connectivity index (χ4n) is 1.60. The van der Waals surface area contributed by atoms with Gasteiger partial charge in [-0.1, -0.05) is 13.8 Å². The number of aromatic nitrogens is 1. The van der Waals surface area contributed by atoms with Crippen LogP contribution in [0.3, 0.4) is 0 Å². The summed E-state index contributed by atoms with van der Waals surface area (Å²) in [5.74, 6) is -0.967. The van der Waals surface area contributed by atoms with E-state index < -0.39 is 30.8 Å². The Balaban J connectivity index is 2.66. The topological polar surface area (TPSA) is 106 Å². The van der Waals surface area contributed by atoms with Crippen LogP contribution in [-0.4, -0.2) is 35.7 Å². The molecule has 0 spiro atoms. The summed E-state index contributed by atoms with van der Waals surface area (Å²) >= 11 is 0. The normalized spacial score (nSPS) is 12.6. The summed E-state index contributed by atoms with van der Waals surface area (Å²) in [7, 11) is 0. The number of nitrogens with zero attached hydrogens (tertiary/aromatic N) is 1. The predicted octanol–water partition coefficient (Wildman–Crippen LogP) is 1.65. The number of amides is 3. The van der Waals surface area contributed by atoms with Gasteiger partial charge in [0.05, 0.1) is 11.9 Å². The van der Waals surface area contributed by atoms with E-state index in [1.54, 1.807) is 13.8 Å². The van der Waals surface area contributed by atoms with Gasteiger partial charge in [0.2, 0.25) is 11.8 Å². The highest BCUT2D eigenvalue weighted by molar-refractivity contribution is 5.96. The molecule has 0 aromatic carbocycles. The summed E-state index contributed by atoms with van der Waals surface area (Å²) in [6.07, 6.45) is -3.31. The zero-order chi connectivity index (χ0) is 17.6. The summed E-state index contributed by atoms with van der Waals surface area (Å²) in [6, 6.07) is 0.826. The Kier molecular flexibility index (Phi) is 6.17. The van der Waals surface area contributed by atoms with Crippen LogP contribution >= 0.6 is 0 Å². The standard InChI is InChI=1S/C13H17F3N4O3/c1-7(2)10(20-12(17)22)11(21)19-8-3-4-9(18-5-8)23-6-13(14,15)16/h3-5,7,10H,6H2,1-2H3,(H,19,21)(H3,17,20,22). The number of anilines is 1. The molecule has 1 heterocycles. The largest absolute Gasteiger partial charge is 0.468 e. The lowest BCUT2D eigenvalue weighted by atomic mass is 10.0. The Hall–Kier alpha value is -2.52. The van der Waals surface area contributed by atoms with Crippen LogP contribution in [-0.2, 0) is 4.79 Å². The minimum absolute atomic E-state index is 0.218. The second kappa shape index (κ2) is 7.65. The maximum atomic E-state index is 12.0. The first-order valence-corrected chi connectivity index (χ1v) is 6.61. The Morgan fingerprint density at radius 1 is 1.35 bits per heavy atom. The minimum atomic E-state index is -4.46. The lowest BCUT2D eigenvalue weighted by Crippen LogP contribution is -2.49. The smallest absolute Gasteiger partial charge is 0.422 e. The van der Waals surface area contributed by atoms with Gasteiger partial charge in [-0.05, 0) is 12.0 Å². The Bertz CT molecular complexity index is 546. The lowest BCUT2D eigenvalue weighted by molar-refractivity contribution is -0.154. The second-order valence-corrected chi connectivity index (χ2v) is 5.01. The maximum Gasteiger partial charge on any atom is 0.422 e. The van der Waals surface area contributed by atoms with Crippen molar-refractivity contribution in [2.45, 2.75) is 26.1 Å². The molecular formula is C13H17F3N4O3. The molecule has 7 nitrogen and oxygen atoms in total. The van der Waals surface area contributed by atoms with E-state index >= 15 is 0 Å². The molecule has 0 saturated carbocycles. The molecule has 0 aliphatic rings. The van der Waals surface area contributed by atoms with Gasteiger partial charge in [0.1, 0.15) is 6.04 Å². The van der Waals surface area contributed by atoms with Gasteiger partial charge in [-0.3, -0.25) is 4.79 Å². The molecule has 0 fully saturated rings. The van der Waals surface area contributed by atoms with Crippen molar-refractivity contribution < 1.29 is 27.5 Å². The molecule has 0 bridgehead atoms. The summed E-state index contributed by atoms with van der Waals surface area (Å²) in [6.45, 7) is 1.97. The molecule has 1 aromatic heterocycles. The van der Waals surface area contributed by atoms with Gasteiger partial charge in [-0.2, -0.15) is 13.2 Å². The van der Waals surface area contributed by atoms with Gasteiger partial charge >= 0.3 is 12.2 Å². The number of urea groups is 1. The third-order valence-electron chi connectivity index (χ3n) is 2.63.